The molecule has 0 amide bonds. The highest BCUT2D eigenvalue weighted by atomic mass is 14.9. The van der Waals surface area contributed by atoms with E-state index in [1.54, 1.807) is 6.33 Å². The highest BCUT2D eigenvalue weighted by molar-refractivity contribution is 6.38. The second-order valence-electron chi connectivity index (χ2n) is 2.65. The minimum Gasteiger partial charge on any atom is -0.345 e. The Bertz CT molecular complexity index is 392. The van der Waals surface area contributed by atoms with Gasteiger partial charge in [-0.05, 0) is 18.6 Å². The number of aromatic amines is 1. The number of hydrogen-bond acceptors (Lipinski definition) is 1. The van der Waals surface area contributed by atoms with Gasteiger partial charge in [-0.25, -0.2) is 4.98 Å². The summed E-state index contributed by atoms with van der Waals surface area (Å²) < 4.78 is 0. The molecule has 0 unspecified atom stereocenters. The topological polar surface area (TPSA) is 28.7 Å². The molecule has 1 aromatic carbocycles. The van der Waals surface area contributed by atoms with Crippen LogP contribution in [0, 0.1) is 6.92 Å². The molecule has 0 bridgehead atoms. The van der Waals surface area contributed by atoms with Gasteiger partial charge < -0.3 is 4.98 Å². The summed E-state index contributed by atoms with van der Waals surface area (Å²) in [5, 5.41) is 0. The van der Waals surface area contributed by atoms with Crippen LogP contribution in [0.4, 0.5) is 0 Å². The number of rotatable bonds is 0. The van der Waals surface area contributed by atoms with Gasteiger partial charge in [-0.1, -0.05) is 11.5 Å². The molecule has 52 valence electrons. The molecule has 0 aliphatic rings. The van der Waals surface area contributed by atoms with E-state index >= 15 is 0 Å². The third-order valence-corrected chi connectivity index (χ3v) is 1.70. The monoisotopic (exact) mass is 142 g/mol. The van der Waals surface area contributed by atoms with Gasteiger partial charge in [0.2, 0.25) is 0 Å². The van der Waals surface area contributed by atoms with Gasteiger partial charge in [0.15, 0.2) is 0 Å². The maximum absolute atomic E-state index is 5.72. The molecule has 3 heteroatoms. The Morgan fingerprint density at radius 3 is 3.09 bits per heavy atom. The first-order chi connectivity index (χ1) is 5.27. The van der Waals surface area contributed by atoms with Gasteiger partial charge in [0.05, 0.1) is 17.4 Å². The summed E-state index contributed by atoms with van der Waals surface area (Å²) in [5.41, 5.74) is 3.75. The summed E-state index contributed by atoms with van der Waals surface area (Å²) in [4.78, 5) is 7.09. The standard InChI is InChI=1S/C8H7BN2/c1-5-2-6(9)8-7(3-5)10-4-11-8/h2-4H,1H3,(H,10,11). The number of nitrogens with one attached hydrogen (secondary N) is 1. The second kappa shape index (κ2) is 2.12. The number of aryl methyl sites for hydroxylation is 1. The van der Waals surface area contributed by atoms with E-state index in [1.807, 2.05) is 19.1 Å². The predicted octanol–water partition coefficient (Wildman–Crippen LogP) is 0.665. The van der Waals surface area contributed by atoms with Crippen LogP contribution < -0.4 is 5.46 Å². The van der Waals surface area contributed by atoms with Gasteiger partial charge in [-0.3, -0.25) is 0 Å². The molecule has 2 nitrogen and oxygen atoms in total. The summed E-state index contributed by atoms with van der Waals surface area (Å²) in [6.45, 7) is 2.01. The second-order valence-corrected chi connectivity index (χ2v) is 2.65. The van der Waals surface area contributed by atoms with Crippen molar-refractivity contribution >= 4 is 24.3 Å². The summed E-state index contributed by atoms with van der Waals surface area (Å²) in [5.74, 6) is 0. The summed E-state index contributed by atoms with van der Waals surface area (Å²) in [6, 6.07) is 3.95. The van der Waals surface area contributed by atoms with Crippen LogP contribution in [0.1, 0.15) is 5.56 Å². The highest BCUT2D eigenvalue weighted by Gasteiger charge is 1.98. The number of fused-ring (bicyclic) bond motifs is 1. The van der Waals surface area contributed by atoms with Crippen LogP contribution >= 0.6 is 0 Å². The SMILES string of the molecule is [B]c1cc(C)cc2[nH]cnc12. The zero-order valence-electron chi connectivity index (χ0n) is 6.26. The number of aromatic nitrogens is 2. The van der Waals surface area contributed by atoms with Gasteiger partial charge in [0.1, 0.15) is 7.85 Å². The first kappa shape index (κ1) is 6.46. The largest absolute Gasteiger partial charge is 0.345 e. The van der Waals surface area contributed by atoms with Gasteiger partial charge in [0.25, 0.3) is 0 Å². The lowest BCUT2D eigenvalue weighted by molar-refractivity contribution is 1.34. The number of nitrogens with zero attached hydrogens (tertiary/aromatic N) is 1. The molecule has 2 radical (unpaired) electrons. The zero-order valence-corrected chi connectivity index (χ0v) is 6.26. The van der Waals surface area contributed by atoms with Crippen LogP contribution in [0.3, 0.4) is 0 Å². The first-order valence-electron chi connectivity index (χ1n) is 3.46. The normalized spacial score (nSPS) is 10.6. The molecule has 2 aromatic rings. The van der Waals surface area contributed by atoms with Crippen LogP contribution in [-0.4, -0.2) is 17.8 Å². The maximum Gasteiger partial charge on any atom is 0.116 e. The molecular weight excluding hydrogens is 135 g/mol. The fraction of sp³-hybridized carbons (Fsp3) is 0.125. The quantitative estimate of drug-likeness (QED) is 0.538. The fourth-order valence-electron chi connectivity index (χ4n) is 1.23. The molecule has 0 saturated carbocycles. The molecule has 0 aliphatic heterocycles. The van der Waals surface area contributed by atoms with Crippen LogP contribution in [0.5, 0.6) is 0 Å². The minimum absolute atomic E-state index is 0.737. The van der Waals surface area contributed by atoms with Crippen molar-refractivity contribution in [2.45, 2.75) is 6.92 Å². The van der Waals surface area contributed by atoms with Crippen molar-refractivity contribution in [3.8, 4) is 0 Å². The smallest absolute Gasteiger partial charge is 0.116 e. The van der Waals surface area contributed by atoms with E-state index in [1.165, 1.54) is 0 Å². The van der Waals surface area contributed by atoms with Crippen molar-refractivity contribution in [2.24, 2.45) is 0 Å². The maximum atomic E-state index is 5.72. The lowest BCUT2D eigenvalue weighted by atomic mass is 9.93. The molecule has 2 rings (SSSR count). The third kappa shape index (κ3) is 0.927. The van der Waals surface area contributed by atoms with E-state index in [0.29, 0.717) is 0 Å². The van der Waals surface area contributed by atoms with Crippen molar-refractivity contribution in [1.82, 2.24) is 9.97 Å². The average molecular weight is 142 g/mol. The van der Waals surface area contributed by atoms with E-state index in [2.05, 4.69) is 9.97 Å². The Hall–Kier alpha value is -1.25. The lowest BCUT2D eigenvalue weighted by Gasteiger charge is -1.96. The zero-order chi connectivity index (χ0) is 7.84. The van der Waals surface area contributed by atoms with Crippen LogP contribution in [0.2, 0.25) is 0 Å². The Kier molecular flexibility index (Phi) is 1.25. The van der Waals surface area contributed by atoms with Crippen LogP contribution in [0.25, 0.3) is 11.0 Å². The molecule has 1 heterocycles. The average Bonchev–Trinajstić information content (AvgIpc) is 2.34. The predicted molar refractivity (Wildman–Crippen MR) is 46.2 cm³/mol. The summed E-state index contributed by atoms with van der Waals surface area (Å²) >= 11 is 0. The Labute approximate surface area is 66.1 Å². The summed E-state index contributed by atoms with van der Waals surface area (Å²) in [6.07, 6.45) is 1.65. The number of hydrogen-bond donors (Lipinski definition) is 1. The molecule has 0 aliphatic carbocycles. The van der Waals surface area contributed by atoms with E-state index in [9.17, 15) is 0 Å². The van der Waals surface area contributed by atoms with E-state index in [-0.39, 0.29) is 0 Å². The van der Waals surface area contributed by atoms with E-state index in [4.69, 9.17) is 7.85 Å². The molecule has 0 atom stereocenters. The van der Waals surface area contributed by atoms with Gasteiger partial charge in [0, 0.05) is 0 Å². The first-order valence-corrected chi connectivity index (χ1v) is 3.46. The molecule has 1 N–H and O–H groups in total. The van der Waals surface area contributed by atoms with E-state index < -0.39 is 0 Å². The molecule has 11 heavy (non-hydrogen) atoms. The van der Waals surface area contributed by atoms with Gasteiger partial charge >= 0.3 is 0 Å². The molecule has 1 aromatic heterocycles. The number of H-pyrrole nitrogens is 1. The summed E-state index contributed by atoms with van der Waals surface area (Å²) in [7, 11) is 5.72. The van der Waals surface area contributed by atoms with Crippen molar-refractivity contribution in [3.63, 3.8) is 0 Å². The number of benzene rings is 1. The molecule has 0 spiro atoms. The molecular formula is C8H7BN2. The van der Waals surface area contributed by atoms with Crippen molar-refractivity contribution < 1.29 is 0 Å². The van der Waals surface area contributed by atoms with Gasteiger partial charge in [-0.2, -0.15) is 0 Å². The van der Waals surface area contributed by atoms with Gasteiger partial charge in [-0.15, -0.1) is 0 Å². The molecule has 0 fully saturated rings. The Morgan fingerprint density at radius 1 is 1.45 bits per heavy atom. The van der Waals surface area contributed by atoms with Crippen molar-refractivity contribution in [2.75, 3.05) is 0 Å². The number of imidazole rings is 1. The highest BCUT2D eigenvalue weighted by Crippen LogP contribution is 2.07. The third-order valence-electron chi connectivity index (χ3n) is 1.70. The fourth-order valence-corrected chi connectivity index (χ4v) is 1.23. The van der Waals surface area contributed by atoms with Crippen LogP contribution in [-0.2, 0) is 0 Å². The van der Waals surface area contributed by atoms with Crippen LogP contribution in [0.15, 0.2) is 18.5 Å². The Morgan fingerprint density at radius 2 is 2.27 bits per heavy atom. The van der Waals surface area contributed by atoms with Crippen molar-refractivity contribution in [1.29, 1.82) is 0 Å². The minimum atomic E-state index is 0.737. The lowest BCUT2D eigenvalue weighted by Crippen LogP contribution is -2.04. The van der Waals surface area contributed by atoms with Crippen molar-refractivity contribution in [3.05, 3.63) is 24.0 Å². The Balaban J connectivity index is 2.91. The molecule has 0 saturated heterocycles. The van der Waals surface area contributed by atoms with E-state index in [0.717, 1.165) is 22.1 Å².